The minimum Gasteiger partial charge on any atom is -0.386 e. The van der Waals surface area contributed by atoms with Gasteiger partial charge < -0.3 is 16.2 Å². The first-order chi connectivity index (χ1) is 8.09. The van der Waals surface area contributed by atoms with Crippen molar-refractivity contribution in [2.45, 2.75) is 13.0 Å². The normalized spacial score (nSPS) is 12.4. The van der Waals surface area contributed by atoms with Gasteiger partial charge in [-0.25, -0.2) is 0 Å². The van der Waals surface area contributed by atoms with Crippen LogP contribution in [0.3, 0.4) is 0 Å². The molecule has 1 atom stereocenters. The zero-order chi connectivity index (χ0) is 12.7. The molecule has 0 radical (unpaired) electrons. The van der Waals surface area contributed by atoms with E-state index < -0.39 is 6.10 Å². The number of aliphatic hydroxyl groups excluding tert-OH is 1. The van der Waals surface area contributed by atoms with Crippen LogP contribution in [0.25, 0.3) is 0 Å². The summed E-state index contributed by atoms with van der Waals surface area (Å²) in [5.74, 6) is 0.307. The summed E-state index contributed by atoms with van der Waals surface area (Å²) in [5, 5.41) is 12.7. The van der Waals surface area contributed by atoms with Gasteiger partial charge in [0, 0.05) is 18.9 Å². The maximum atomic E-state index is 9.81. The van der Waals surface area contributed by atoms with Gasteiger partial charge in [-0.3, -0.25) is 9.98 Å². The van der Waals surface area contributed by atoms with Gasteiger partial charge in [-0.1, -0.05) is 12.2 Å². The topological polar surface area (TPSA) is 83.5 Å². The van der Waals surface area contributed by atoms with Crippen molar-refractivity contribution in [3.8, 4) is 0 Å². The van der Waals surface area contributed by atoms with E-state index in [1.54, 1.807) is 24.5 Å². The summed E-state index contributed by atoms with van der Waals surface area (Å²) in [4.78, 5) is 7.92. The van der Waals surface area contributed by atoms with E-state index in [2.05, 4.69) is 21.9 Å². The number of nitrogens with zero attached hydrogens (tertiary/aromatic N) is 2. The maximum absolute atomic E-state index is 9.81. The molecule has 0 aliphatic carbocycles. The number of hydrogen-bond donors (Lipinski definition) is 3. The molecule has 5 nitrogen and oxygen atoms in total. The molecule has 4 N–H and O–H groups in total. The smallest absolute Gasteiger partial charge is 0.188 e. The van der Waals surface area contributed by atoms with Gasteiger partial charge in [0.2, 0.25) is 0 Å². The number of aliphatic hydroxyl groups is 1. The standard InChI is InChI=1S/C12H18N4O.HI/c1-9(2)7-15-12(13)16-8-11(17)10-3-5-14-6-4-10;/h3-6,11,17H,1,7-8H2,2H3,(H3,13,15,16);1H. The molecule has 6 heteroatoms. The van der Waals surface area contributed by atoms with E-state index >= 15 is 0 Å². The lowest BCUT2D eigenvalue weighted by atomic mass is 10.1. The third-order valence-corrected chi connectivity index (χ3v) is 2.10. The van der Waals surface area contributed by atoms with Gasteiger partial charge in [-0.2, -0.15) is 0 Å². The van der Waals surface area contributed by atoms with Crippen LogP contribution >= 0.6 is 24.0 Å². The van der Waals surface area contributed by atoms with Crippen molar-refractivity contribution >= 4 is 29.9 Å². The number of aliphatic imine (C=N–C) groups is 1. The predicted octanol–water partition coefficient (Wildman–Crippen LogP) is 1.21. The highest BCUT2D eigenvalue weighted by Gasteiger charge is 2.05. The highest BCUT2D eigenvalue weighted by Crippen LogP contribution is 2.10. The molecule has 0 aromatic carbocycles. The SMILES string of the molecule is C=C(C)CNC(N)=NCC(O)c1ccncc1.I. The zero-order valence-electron chi connectivity index (χ0n) is 10.3. The number of pyridine rings is 1. The molecular formula is C12H19IN4O. The summed E-state index contributed by atoms with van der Waals surface area (Å²) in [6, 6.07) is 3.50. The minimum atomic E-state index is -0.664. The van der Waals surface area contributed by atoms with Gasteiger partial charge in [0.1, 0.15) is 0 Å². The molecule has 0 saturated heterocycles. The van der Waals surface area contributed by atoms with Crippen LogP contribution in [0.5, 0.6) is 0 Å². The van der Waals surface area contributed by atoms with E-state index in [1.807, 2.05) is 6.92 Å². The van der Waals surface area contributed by atoms with Crippen molar-refractivity contribution in [1.82, 2.24) is 10.3 Å². The van der Waals surface area contributed by atoms with Gasteiger partial charge in [0.25, 0.3) is 0 Å². The Balaban J connectivity index is 0.00000289. The molecule has 1 aromatic rings. The third kappa shape index (κ3) is 6.55. The van der Waals surface area contributed by atoms with E-state index in [9.17, 15) is 5.11 Å². The fraction of sp³-hybridized carbons (Fsp3) is 0.333. The van der Waals surface area contributed by atoms with Crippen molar-refractivity contribution in [1.29, 1.82) is 0 Å². The Morgan fingerprint density at radius 3 is 2.72 bits per heavy atom. The van der Waals surface area contributed by atoms with Gasteiger partial charge >= 0.3 is 0 Å². The molecule has 0 amide bonds. The van der Waals surface area contributed by atoms with Gasteiger partial charge in [0.15, 0.2) is 5.96 Å². The summed E-state index contributed by atoms with van der Waals surface area (Å²) in [6.45, 7) is 6.44. The van der Waals surface area contributed by atoms with Gasteiger partial charge in [0.05, 0.1) is 12.6 Å². The van der Waals surface area contributed by atoms with Crippen LogP contribution in [0.4, 0.5) is 0 Å². The number of guanidine groups is 1. The van der Waals surface area contributed by atoms with Crippen LogP contribution < -0.4 is 11.1 Å². The summed E-state index contributed by atoms with van der Waals surface area (Å²) < 4.78 is 0. The van der Waals surface area contributed by atoms with E-state index in [1.165, 1.54) is 0 Å². The first-order valence-corrected chi connectivity index (χ1v) is 5.35. The van der Waals surface area contributed by atoms with Crippen LogP contribution in [0.15, 0.2) is 41.7 Å². The Kier molecular flexibility index (Phi) is 8.30. The van der Waals surface area contributed by atoms with E-state index in [4.69, 9.17) is 5.73 Å². The van der Waals surface area contributed by atoms with E-state index in [0.29, 0.717) is 12.5 Å². The van der Waals surface area contributed by atoms with Crippen molar-refractivity contribution in [3.05, 3.63) is 42.2 Å². The quantitative estimate of drug-likeness (QED) is 0.318. The van der Waals surface area contributed by atoms with Crippen LogP contribution in [0, 0.1) is 0 Å². The monoisotopic (exact) mass is 362 g/mol. The average Bonchev–Trinajstić information content (AvgIpc) is 2.34. The molecule has 0 aliphatic heterocycles. The number of rotatable bonds is 5. The molecule has 18 heavy (non-hydrogen) atoms. The average molecular weight is 362 g/mol. The Bertz CT molecular complexity index is 394. The van der Waals surface area contributed by atoms with Crippen LogP contribution in [-0.2, 0) is 0 Å². The highest BCUT2D eigenvalue weighted by atomic mass is 127. The van der Waals surface area contributed by atoms with Crippen LogP contribution in [0.1, 0.15) is 18.6 Å². The zero-order valence-corrected chi connectivity index (χ0v) is 12.7. The lowest BCUT2D eigenvalue weighted by Gasteiger charge is -2.09. The summed E-state index contributed by atoms with van der Waals surface area (Å²) in [7, 11) is 0. The Hall–Kier alpha value is -1.15. The second kappa shape index (κ2) is 8.87. The number of hydrogen-bond acceptors (Lipinski definition) is 3. The largest absolute Gasteiger partial charge is 0.386 e. The molecule has 0 saturated carbocycles. The maximum Gasteiger partial charge on any atom is 0.188 e. The summed E-state index contributed by atoms with van der Waals surface area (Å²) in [5.41, 5.74) is 7.37. The molecule has 0 fully saturated rings. The molecule has 1 unspecified atom stereocenters. The Labute approximate surface area is 124 Å². The fourth-order valence-corrected chi connectivity index (χ4v) is 1.17. The first-order valence-electron chi connectivity index (χ1n) is 5.35. The van der Waals surface area contributed by atoms with Gasteiger partial charge in [-0.05, 0) is 24.6 Å². The van der Waals surface area contributed by atoms with Crippen LogP contribution in [0.2, 0.25) is 0 Å². The molecule has 0 bridgehead atoms. The molecule has 1 rings (SSSR count). The number of aromatic nitrogens is 1. The second-order valence-electron chi connectivity index (χ2n) is 3.83. The van der Waals surface area contributed by atoms with E-state index in [-0.39, 0.29) is 30.5 Å². The van der Waals surface area contributed by atoms with Crippen molar-refractivity contribution in [2.75, 3.05) is 13.1 Å². The molecule has 0 spiro atoms. The fourth-order valence-electron chi connectivity index (χ4n) is 1.17. The molecule has 1 aromatic heterocycles. The molecule has 100 valence electrons. The summed E-state index contributed by atoms with van der Waals surface area (Å²) >= 11 is 0. The van der Waals surface area contributed by atoms with Gasteiger partial charge in [-0.15, -0.1) is 24.0 Å². The van der Waals surface area contributed by atoms with Crippen molar-refractivity contribution in [3.63, 3.8) is 0 Å². The number of halogens is 1. The molecular weight excluding hydrogens is 343 g/mol. The third-order valence-electron chi connectivity index (χ3n) is 2.10. The Morgan fingerprint density at radius 2 is 2.17 bits per heavy atom. The first kappa shape index (κ1) is 16.9. The van der Waals surface area contributed by atoms with Crippen molar-refractivity contribution in [2.24, 2.45) is 10.7 Å². The lowest BCUT2D eigenvalue weighted by Crippen LogP contribution is -2.33. The molecule has 1 heterocycles. The van der Waals surface area contributed by atoms with Crippen molar-refractivity contribution < 1.29 is 5.11 Å². The lowest BCUT2D eigenvalue weighted by molar-refractivity contribution is 0.187. The predicted molar refractivity (Wildman–Crippen MR) is 83.9 cm³/mol. The number of nitrogens with two attached hydrogens (primary N) is 1. The van der Waals surface area contributed by atoms with E-state index in [0.717, 1.165) is 11.1 Å². The highest BCUT2D eigenvalue weighted by molar-refractivity contribution is 14.0. The number of nitrogens with one attached hydrogen (secondary N) is 1. The second-order valence-corrected chi connectivity index (χ2v) is 3.83. The Morgan fingerprint density at radius 1 is 1.56 bits per heavy atom. The van der Waals surface area contributed by atoms with Crippen LogP contribution in [-0.4, -0.2) is 29.1 Å². The molecule has 0 aliphatic rings. The summed E-state index contributed by atoms with van der Waals surface area (Å²) in [6.07, 6.45) is 2.60. The minimum absolute atomic E-state index is 0.